The molecule has 1 saturated heterocycles. The van der Waals surface area contributed by atoms with Crippen molar-refractivity contribution in [3.8, 4) is 39.4 Å². The number of nitrogens with one attached hydrogen (secondary N) is 1. The van der Waals surface area contributed by atoms with Gasteiger partial charge in [-0.3, -0.25) is 14.3 Å². The number of fused-ring (bicyclic) bond motifs is 2. The molecular formula is C35H34FN5O4S2. The summed E-state index contributed by atoms with van der Waals surface area (Å²) in [5.74, 6) is 0.421. The number of ether oxygens (including phenoxy) is 2. The van der Waals surface area contributed by atoms with Crippen LogP contribution in [0.2, 0.25) is 0 Å². The quantitative estimate of drug-likeness (QED) is 0.133. The van der Waals surface area contributed by atoms with Crippen molar-refractivity contribution in [1.82, 2.24) is 19.7 Å². The molecule has 1 N–H and O–H groups in total. The van der Waals surface area contributed by atoms with Gasteiger partial charge in [-0.15, -0.1) is 11.3 Å². The number of thiophene rings is 1. The van der Waals surface area contributed by atoms with E-state index in [9.17, 15) is 13.4 Å². The minimum atomic E-state index is -2.68. The van der Waals surface area contributed by atoms with E-state index < -0.39 is 15.5 Å². The maximum absolute atomic E-state index is 14.6. The zero-order valence-electron chi connectivity index (χ0n) is 25.9. The normalized spacial score (nSPS) is 18.0. The lowest BCUT2D eigenvalue weighted by Crippen LogP contribution is -2.38. The fourth-order valence-electron chi connectivity index (χ4n) is 6.50. The Kier molecular flexibility index (Phi) is 8.41. The van der Waals surface area contributed by atoms with Crippen LogP contribution < -0.4 is 4.74 Å². The average Bonchev–Trinajstić information content (AvgIpc) is 3.82. The summed E-state index contributed by atoms with van der Waals surface area (Å²) in [5, 5.41) is 7.71. The van der Waals surface area contributed by atoms with Crippen molar-refractivity contribution in [1.29, 1.82) is 4.78 Å². The first-order valence-corrected chi connectivity index (χ1v) is 18.2. The van der Waals surface area contributed by atoms with E-state index in [0.717, 1.165) is 56.4 Å². The predicted octanol–water partition coefficient (Wildman–Crippen LogP) is 7.07. The molecule has 2 aliphatic rings. The van der Waals surface area contributed by atoms with Gasteiger partial charge in [0.2, 0.25) is 5.91 Å². The molecule has 1 fully saturated rings. The molecule has 9 nitrogen and oxygen atoms in total. The SMILES string of the molecule is C=CC(=O)N1CCC(n2cc(-c3nc(-c4ccc5c(c4)CS(=N)(=O)C5)c4ccsc4c3-c3ccc(F)cc3OCCOC)cn2)CC1. The minimum Gasteiger partial charge on any atom is -0.490 e. The first-order chi connectivity index (χ1) is 22.7. The number of aromatic nitrogens is 3. The molecule has 7 rings (SSSR count). The summed E-state index contributed by atoms with van der Waals surface area (Å²) in [6, 6.07) is 12.7. The predicted molar refractivity (Wildman–Crippen MR) is 182 cm³/mol. The van der Waals surface area contributed by atoms with Crippen LogP contribution in [0.4, 0.5) is 4.39 Å². The van der Waals surface area contributed by atoms with Gasteiger partial charge in [0.05, 0.1) is 51.5 Å². The number of piperidine rings is 1. The Balaban J connectivity index is 1.38. The summed E-state index contributed by atoms with van der Waals surface area (Å²) in [6.07, 6.45) is 6.69. The van der Waals surface area contributed by atoms with E-state index in [1.165, 1.54) is 18.2 Å². The van der Waals surface area contributed by atoms with Crippen molar-refractivity contribution < 1.29 is 22.9 Å². The molecule has 0 radical (unpaired) electrons. The second-order valence-corrected chi connectivity index (χ2v) is 15.0. The van der Waals surface area contributed by atoms with E-state index in [2.05, 4.69) is 6.58 Å². The number of nitrogens with zero attached hydrogens (tertiary/aromatic N) is 4. The number of hydrogen-bond acceptors (Lipinski definition) is 8. The van der Waals surface area contributed by atoms with Crippen LogP contribution in [0.3, 0.4) is 0 Å². The van der Waals surface area contributed by atoms with Gasteiger partial charge in [-0.25, -0.2) is 13.6 Å². The first kappa shape index (κ1) is 31.2. The number of halogens is 1. The van der Waals surface area contributed by atoms with Crippen LogP contribution in [-0.4, -0.2) is 63.2 Å². The maximum atomic E-state index is 14.6. The van der Waals surface area contributed by atoms with Crippen LogP contribution >= 0.6 is 11.3 Å². The van der Waals surface area contributed by atoms with Crippen molar-refractivity contribution in [2.75, 3.05) is 33.4 Å². The summed E-state index contributed by atoms with van der Waals surface area (Å²) in [4.78, 5) is 19.3. The summed E-state index contributed by atoms with van der Waals surface area (Å²) in [7, 11) is -1.09. The van der Waals surface area contributed by atoms with E-state index in [1.54, 1.807) is 29.4 Å². The Morgan fingerprint density at radius 3 is 2.70 bits per heavy atom. The standard InChI is InChI=1S/C35H34FN5O4S2/c1-3-31(42)40-11-8-27(9-12-40)41-19-25(18-38-41)34-32(28-7-6-26(36)17-30(28)45-14-13-44-2)35-29(10-15-46-35)33(39-34)22-4-5-23-20-47(37,43)21-24(23)16-22/h3-7,10,15-19,27,37H,1,8-9,11-14,20-21H2,2H3. The molecule has 0 bridgehead atoms. The largest absolute Gasteiger partial charge is 0.490 e. The molecule has 0 saturated carbocycles. The van der Waals surface area contributed by atoms with E-state index in [0.29, 0.717) is 36.7 Å². The van der Waals surface area contributed by atoms with E-state index in [1.807, 2.05) is 46.7 Å². The molecule has 5 heterocycles. The van der Waals surface area contributed by atoms with Gasteiger partial charge in [-0.1, -0.05) is 18.7 Å². The number of rotatable bonds is 9. The molecule has 0 spiro atoms. The zero-order chi connectivity index (χ0) is 32.7. The van der Waals surface area contributed by atoms with Gasteiger partial charge in [0.15, 0.2) is 0 Å². The molecular weight excluding hydrogens is 638 g/mol. The van der Waals surface area contributed by atoms with E-state index in [-0.39, 0.29) is 30.1 Å². The Morgan fingerprint density at radius 2 is 1.91 bits per heavy atom. The molecule has 242 valence electrons. The van der Waals surface area contributed by atoms with Crippen molar-refractivity contribution >= 4 is 37.1 Å². The highest BCUT2D eigenvalue weighted by Gasteiger charge is 2.27. The number of carbonyl (C=O) groups is 1. The summed E-state index contributed by atoms with van der Waals surface area (Å²) in [6.45, 7) is 5.46. The van der Waals surface area contributed by atoms with Gasteiger partial charge >= 0.3 is 0 Å². The summed E-state index contributed by atoms with van der Waals surface area (Å²) < 4.78 is 49.6. The van der Waals surface area contributed by atoms with Gasteiger partial charge in [0.25, 0.3) is 0 Å². The maximum Gasteiger partial charge on any atom is 0.245 e. The molecule has 1 amide bonds. The number of pyridine rings is 1. The first-order valence-electron chi connectivity index (χ1n) is 15.4. The highest BCUT2D eigenvalue weighted by molar-refractivity contribution is 7.91. The fraction of sp³-hybridized carbons (Fsp3) is 0.286. The molecule has 1 atom stereocenters. The van der Waals surface area contributed by atoms with Gasteiger partial charge in [0.1, 0.15) is 18.2 Å². The molecule has 12 heteroatoms. The third-order valence-electron chi connectivity index (χ3n) is 8.82. The fourth-order valence-corrected chi connectivity index (χ4v) is 9.12. The number of amides is 1. The van der Waals surface area contributed by atoms with E-state index in [4.69, 9.17) is 24.3 Å². The van der Waals surface area contributed by atoms with Crippen LogP contribution in [0.25, 0.3) is 43.7 Å². The van der Waals surface area contributed by atoms with Gasteiger partial charge in [0, 0.05) is 64.8 Å². The molecule has 2 aliphatic heterocycles. The van der Waals surface area contributed by atoms with Gasteiger partial charge in [-0.2, -0.15) is 5.10 Å². The van der Waals surface area contributed by atoms with Crippen LogP contribution in [-0.2, 0) is 30.8 Å². The smallest absolute Gasteiger partial charge is 0.245 e. The number of benzene rings is 2. The Labute approximate surface area is 276 Å². The lowest BCUT2D eigenvalue weighted by Gasteiger charge is -2.31. The van der Waals surface area contributed by atoms with Crippen molar-refractivity contribution in [2.45, 2.75) is 30.4 Å². The van der Waals surface area contributed by atoms with Crippen LogP contribution in [0.5, 0.6) is 5.75 Å². The van der Waals surface area contributed by atoms with Crippen LogP contribution in [0.1, 0.15) is 30.0 Å². The molecule has 2 aromatic carbocycles. The molecule has 3 aromatic heterocycles. The minimum absolute atomic E-state index is 0.0605. The Hall–Kier alpha value is -4.39. The van der Waals surface area contributed by atoms with Crippen molar-refractivity contribution in [3.05, 3.63) is 89.8 Å². The van der Waals surface area contributed by atoms with Crippen LogP contribution in [0, 0.1) is 10.6 Å². The lowest BCUT2D eigenvalue weighted by atomic mass is 9.95. The monoisotopic (exact) mass is 671 g/mol. The van der Waals surface area contributed by atoms with Crippen molar-refractivity contribution in [3.63, 3.8) is 0 Å². The number of likely N-dealkylation sites (tertiary alicyclic amines) is 1. The lowest BCUT2D eigenvalue weighted by molar-refractivity contribution is -0.127. The average molecular weight is 672 g/mol. The molecule has 0 aliphatic carbocycles. The van der Waals surface area contributed by atoms with Crippen LogP contribution in [0.15, 0.2) is 72.9 Å². The molecule has 1 unspecified atom stereocenters. The molecule has 47 heavy (non-hydrogen) atoms. The third kappa shape index (κ3) is 6.08. The van der Waals surface area contributed by atoms with Gasteiger partial charge in [-0.05, 0) is 59.7 Å². The molecule has 5 aromatic rings. The second kappa shape index (κ2) is 12.7. The van der Waals surface area contributed by atoms with E-state index >= 15 is 0 Å². The second-order valence-electron chi connectivity index (χ2n) is 11.9. The van der Waals surface area contributed by atoms with Crippen molar-refractivity contribution in [2.24, 2.45) is 0 Å². The zero-order valence-corrected chi connectivity index (χ0v) is 27.5. The highest BCUT2D eigenvalue weighted by atomic mass is 32.2. The Morgan fingerprint density at radius 1 is 1.11 bits per heavy atom. The Bertz CT molecular complexity index is 2120. The highest BCUT2D eigenvalue weighted by Crippen LogP contribution is 2.46. The number of carbonyl (C=O) groups excluding carboxylic acids is 1. The van der Waals surface area contributed by atoms with Gasteiger partial charge < -0.3 is 14.4 Å². The number of hydrogen-bond donors (Lipinski definition) is 1. The summed E-state index contributed by atoms with van der Waals surface area (Å²) >= 11 is 1.57. The number of methoxy groups -OCH3 is 1. The topological polar surface area (TPSA) is 110 Å². The third-order valence-corrected chi connectivity index (χ3v) is 11.3. The summed E-state index contributed by atoms with van der Waals surface area (Å²) in [5.41, 5.74) is 6.48.